The molecule has 0 aromatic carbocycles. The van der Waals surface area contributed by atoms with Crippen LogP contribution in [-0.2, 0) is 4.79 Å². The van der Waals surface area contributed by atoms with Crippen molar-refractivity contribution in [1.29, 1.82) is 0 Å². The zero-order valence-electron chi connectivity index (χ0n) is 9.11. The maximum absolute atomic E-state index is 11.5. The maximum atomic E-state index is 11.5. The summed E-state index contributed by atoms with van der Waals surface area (Å²) in [5.74, 6) is 0.592. The maximum Gasteiger partial charge on any atom is 0.223 e. The molecule has 3 heteroatoms. The van der Waals surface area contributed by atoms with Gasteiger partial charge in [0.05, 0.1) is 0 Å². The molecule has 0 aromatic rings. The molecule has 0 heterocycles. The van der Waals surface area contributed by atoms with Gasteiger partial charge in [-0.3, -0.25) is 4.79 Å². The van der Waals surface area contributed by atoms with Gasteiger partial charge < -0.3 is 5.32 Å². The highest BCUT2D eigenvalue weighted by Gasteiger charge is 2.32. The van der Waals surface area contributed by atoms with Crippen molar-refractivity contribution in [2.75, 3.05) is 11.9 Å². The average molecular weight is 262 g/mol. The Labute approximate surface area is 95.0 Å². The molecule has 0 bridgehead atoms. The third-order valence-corrected chi connectivity index (χ3v) is 4.56. The first-order valence-electron chi connectivity index (χ1n) is 5.51. The number of rotatable bonds is 6. The summed E-state index contributed by atoms with van der Waals surface area (Å²) in [7, 11) is 0. The molecule has 0 spiro atoms. The van der Waals surface area contributed by atoms with E-state index in [1.807, 2.05) is 0 Å². The molecule has 1 saturated carbocycles. The van der Waals surface area contributed by atoms with Gasteiger partial charge in [0, 0.05) is 17.8 Å². The lowest BCUT2D eigenvalue weighted by Crippen LogP contribution is -2.38. The Morgan fingerprint density at radius 2 is 2.00 bits per heavy atom. The summed E-state index contributed by atoms with van der Waals surface area (Å²) in [5, 5.41) is 4.04. The normalized spacial score (nSPS) is 16.8. The zero-order chi connectivity index (χ0) is 10.6. The Bertz CT molecular complexity index is 189. The third kappa shape index (κ3) is 2.97. The minimum absolute atomic E-state index is 0.255. The van der Waals surface area contributed by atoms with E-state index in [4.69, 9.17) is 0 Å². The molecular weight excluding hydrogens is 242 g/mol. The van der Waals surface area contributed by atoms with E-state index in [-0.39, 0.29) is 11.3 Å². The quantitative estimate of drug-likeness (QED) is 0.733. The molecule has 1 fully saturated rings. The van der Waals surface area contributed by atoms with E-state index < -0.39 is 0 Å². The van der Waals surface area contributed by atoms with Crippen LogP contribution in [0.5, 0.6) is 0 Å². The van der Waals surface area contributed by atoms with E-state index in [2.05, 4.69) is 35.1 Å². The second-order valence-electron chi connectivity index (χ2n) is 4.33. The molecule has 0 aromatic heterocycles. The second kappa shape index (κ2) is 5.15. The Morgan fingerprint density at radius 3 is 2.36 bits per heavy atom. The Kier molecular flexibility index (Phi) is 4.42. The first kappa shape index (κ1) is 12.0. The lowest BCUT2D eigenvalue weighted by Gasteiger charge is -2.29. The van der Waals surface area contributed by atoms with Gasteiger partial charge in [0.15, 0.2) is 0 Å². The number of amides is 1. The van der Waals surface area contributed by atoms with Crippen LogP contribution in [0.1, 0.15) is 39.5 Å². The molecule has 0 saturated heterocycles. The first-order chi connectivity index (χ1) is 6.67. The summed E-state index contributed by atoms with van der Waals surface area (Å²) in [6, 6.07) is 0. The van der Waals surface area contributed by atoms with Gasteiger partial charge in [0.1, 0.15) is 0 Å². The van der Waals surface area contributed by atoms with Crippen LogP contribution < -0.4 is 5.32 Å². The molecular formula is C11H20BrNO. The Hall–Kier alpha value is -0.0500. The lowest BCUT2D eigenvalue weighted by molar-refractivity contribution is -0.122. The molecule has 1 amide bonds. The molecule has 82 valence electrons. The average Bonchev–Trinajstić information content (AvgIpc) is 3.04. The number of nitrogens with one attached hydrogen (secondary N) is 1. The second-order valence-corrected chi connectivity index (χ2v) is 4.89. The number of halogens is 1. The number of carbonyl (C=O) groups is 1. The summed E-state index contributed by atoms with van der Waals surface area (Å²) < 4.78 is 0. The summed E-state index contributed by atoms with van der Waals surface area (Å²) in [6.45, 7) is 5.20. The molecule has 1 N–H and O–H groups in total. The molecule has 14 heavy (non-hydrogen) atoms. The van der Waals surface area contributed by atoms with Gasteiger partial charge in [-0.05, 0) is 31.1 Å². The fourth-order valence-corrected chi connectivity index (χ4v) is 2.49. The molecule has 0 atom stereocenters. The van der Waals surface area contributed by atoms with Crippen LogP contribution in [-0.4, -0.2) is 17.8 Å². The molecule has 0 unspecified atom stereocenters. The van der Waals surface area contributed by atoms with Crippen molar-refractivity contribution in [2.45, 2.75) is 39.5 Å². The van der Waals surface area contributed by atoms with Gasteiger partial charge in [0.2, 0.25) is 5.91 Å². The van der Waals surface area contributed by atoms with Crippen LogP contribution in [0, 0.1) is 11.3 Å². The van der Waals surface area contributed by atoms with Crippen molar-refractivity contribution in [3.05, 3.63) is 0 Å². The van der Waals surface area contributed by atoms with E-state index in [0.29, 0.717) is 5.92 Å². The lowest BCUT2D eigenvalue weighted by atomic mass is 9.84. The van der Waals surface area contributed by atoms with Crippen LogP contribution in [0.25, 0.3) is 0 Å². The molecule has 0 aliphatic heterocycles. The van der Waals surface area contributed by atoms with Crippen LogP contribution in [0.15, 0.2) is 0 Å². The SMILES string of the molecule is CCC(CC)(CBr)CNC(=O)C1CC1. The van der Waals surface area contributed by atoms with Crippen LogP contribution in [0.2, 0.25) is 0 Å². The van der Waals surface area contributed by atoms with Crippen molar-refractivity contribution in [3.63, 3.8) is 0 Å². The number of hydrogen-bond acceptors (Lipinski definition) is 1. The molecule has 1 aliphatic carbocycles. The van der Waals surface area contributed by atoms with Crippen LogP contribution in [0.3, 0.4) is 0 Å². The van der Waals surface area contributed by atoms with Crippen LogP contribution in [0.4, 0.5) is 0 Å². The van der Waals surface area contributed by atoms with E-state index in [9.17, 15) is 4.79 Å². The highest BCUT2D eigenvalue weighted by molar-refractivity contribution is 9.09. The van der Waals surface area contributed by atoms with Gasteiger partial charge in [-0.15, -0.1) is 0 Å². The van der Waals surface area contributed by atoms with Crippen molar-refractivity contribution >= 4 is 21.8 Å². The van der Waals surface area contributed by atoms with Crippen molar-refractivity contribution < 1.29 is 4.79 Å². The molecule has 2 nitrogen and oxygen atoms in total. The number of hydrogen-bond donors (Lipinski definition) is 1. The van der Waals surface area contributed by atoms with Crippen LogP contribution >= 0.6 is 15.9 Å². The number of alkyl halides is 1. The molecule has 1 aliphatic rings. The summed E-state index contributed by atoms with van der Waals surface area (Å²) in [5.41, 5.74) is 0.255. The molecule has 0 radical (unpaired) electrons. The van der Waals surface area contributed by atoms with Gasteiger partial charge >= 0.3 is 0 Å². The Balaban J connectivity index is 2.34. The standard InChI is InChI=1S/C11H20BrNO/c1-3-11(4-2,7-12)8-13-10(14)9-5-6-9/h9H,3-8H2,1-2H3,(H,13,14). The largest absolute Gasteiger partial charge is 0.355 e. The third-order valence-electron chi connectivity index (χ3n) is 3.37. The number of carbonyl (C=O) groups excluding carboxylic acids is 1. The van der Waals surface area contributed by atoms with E-state index in [0.717, 1.165) is 37.6 Å². The van der Waals surface area contributed by atoms with Gasteiger partial charge in [-0.2, -0.15) is 0 Å². The fraction of sp³-hybridized carbons (Fsp3) is 0.909. The van der Waals surface area contributed by atoms with Gasteiger partial charge in [-0.1, -0.05) is 29.8 Å². The van der Waals surface area contributed by atoms with E-state index in [1.54, 1.807) is 0 Å². The zero-order valence-corrected chi connectivity index (χ0v) is 10.7. The van der Waals surface area contributed by atoms with Crippen molar-refractivity contribution in [2.24, 2.45) is 11.3 Å². The Morgan fingerprint density at radius 1 is 1.43 bits per heavy atom. The van der Waals surface area contributed by atoms with Gasteiger partial charge in [0.25, 0.3) is 0 Å². The van der Waals surface area contributed by atoms with E-state index >= 15 is 0 Å². The van der Waals surface area contributed by atoms with E-state index in [1.165, 1.54) is 0 Å². The predicted molar refractivity (Wildman–Crippen MR) is 62.5 cm³/mol. The topological polar surface area (TPSA) is 29.1 Å². The minimum atomic E-state index is 0.255. The van der Waals surface area contributed by atoms with Gasteiger partial charge in [-0.25, -0.2) is 0 Å². The van der Waals surface area contributed by atoms with Crippen molar-refractivity contribution in [1.82, 2.24) is 5.32 Å². The summed E-state index contributed by atoms with van der Waals surface area (Å²) in [4.78, 5) is 11.5. The minimum Gasteiger partial charge on any atom is -0.355 e. The smallest absolute Gasteiger partial charge is 0.223 e. The summed E-state index contributed by atoms with van der Waals surface area (Å²) >= 11 is 3.54. The van der Waals surface area contributed by atoms with Crippen molar-refractivity contribution in [3.8, 4) is 0 Å². The summed E-state index contributed by atoms with van der Waals surface area (Å²) in [6.07, 6.45) is 4.40. The first-order valence-corrected chi connectivity index (χ1v) is 6.63. The monoisotopic (exact) mass is 261 g/mol. The fourth-order valence-electron chi connectivity index (χ4n) is 1.50. The molecule has 1 rings (SSSR count). The highest BCUT2D eigenvalue weighted by Crippen LogP contribution is 2.31. The highest BCUT2D eigenvalue weighted by atomic mass is 79.9. The predicted octanol–water partition coefficient (Wildman–Crippen LogP) is 2.71.